The van der Waals surface area contributed by atoms with Crippen LogP contribution < -0.4 is 4.74 Å². The van der Waals surface area contributed by atoms with Gasteiger partial charge in [-0.15, -0.1) is 10.2 Å². The highest BCUT2D eigenvalue weighted by Crippen LogP contribution is 2.24. The van der Waals surface area contributed by atoms with Gasteiger partial charge in [-0.1, -0.05) is 61.3 Å². The van der Waals surface area contributed by atoms with Crippen LogP contribution in [0.5, 0.6) is 5.75 Å². The van der Waals surface area contributed by atoms with Crippen LogP contribution in [-0.2, 0) is 19.6 Å². The lowest BCUT2D eigenvalue weighted by molar-refractivity contribution is 0.0691. The minimum absolute atomic E-state index is 0.108. The van der Waals surface area contributed by atoms with Gasteiger partial charge in [-0.2, -0.15) is 5.21 Å². The Labute approximate surface area is 195 Å². The molecule has 0 amide bonds. The number of aryl methyl sites for hydroxylation is 1. The molecule has 0 aliphatic rings. The quantitative estimate of drug-likeness (QED) is 0.356. The summed E-state index contributed by atoms with van der Waals surface area (Å²) >= 11 is 6.34. The lowest BCUT2D eigenvalue weighted by Gasteiger charge is -2.11. The van der Waals surface area contributed by atoms with Gasteiger partial charge in [-0.05, 0) is 29.3 Å². The van der Waals surface area contributed by atoms with Crippen molar-refractivity contribution in [3.63, 3.8) is 0 Å². The van der Waals surface area contributed by atoms with Gasteiger partial charge in [0.25, 0.3) is 0 Å². The number of aromatic carboxylic acids is 1. The number of aromatic amines is 1. The van der Waals surface area contributed by atoms with Crippen LogP contribution in [0.1, 0.15) is 47.2 Å². The molecule has 4 aromatic rings. The Hall–Kier alpha value is -3.72. The van der Waals surface area contributed by atoms with Crippen molar-refractivity contribution in [1.82, 2.24) is 30.2 Å². The second-order valence-corrected chi connectivity index (χ2v) is 7.85. The average Bonchev–Trinajstić information content (AvgIpc) is 3.46. The first-order valence-electron chi connectivity index (χ1n) is 10.6. The van der Waals surface area contributed by atoms with E-state index in [0.29, 0.717) is 37.0 Å². The zero-order valence-electron chi connectivity index (χ0n) is 18.0. The van der Waals surface area contributed by atoms with Crippen LogP contribution in [0.3, 0.4) is 0 Å². The standard InChI is InChI=1S/C23H23ClN6O3/c1-2-3-8-19-25-20(23(31)32)21(24)30(19)13-15-9-11-17(12-10-15)33-14-16-6-4-5-7-18(16)22-26-28-29-27-22/h4-7,9-12H,2-3,8,13-14H2,1H3,(H,31,32)(H,26,27,28,29). The number of imidazole rings is 1. The molecule has 10 heteroatoms. The molecule has 2 aromatic heterocycles. The molecular formula is C23H23ClN6O3. The number of nitrogens with zero attached hydrogens (tertiary/aromatic N) is 5. The normalized spacial score (nSPS) is 11.0. The Balaban J connectivity index is 1.46. The predicted octanol–water partition coefficient (Wildman–Crippen LogP) is 4.38. The number of ether oxygens (including phenoxy) is 1. The van der Waals surface area contributed by atoms with Crippen molar-refractivity contribution in [3.05, 3.63) is 76.3 Å². The first kappa shape index (κ1) is 22.5. The van der Waals surface area contributed by atoms with Gasteiger partial charge in [0.1, 0.15) is 23.3 Å². The first-order chi connectivity index (χ1) is 16.1. The van der Waals surface area contributed by atoms with Gasteiger partial charge in [-0.3, -0.25) is 0 Å². The lowest BCUT2D eigenvalue weighted by Crippen LogP contribution is -2.06. The molecule has 2 aromatic carbocycles. The van der Waals surface area contributed by atoms with Gasteiger partial charge in [0.2, 0.25) is 5.82 Å². The number of benzene rings is 2. The summed E-state index contributed by atoms with van der Waals surface area (Å²) in [5, 5.41) is 23.7. The fraction of sp³-hybridized carbons (Fsp3) is 0.261. The fourth-order valence-electron chi connectivity index (χ4n) is 3.47. The molecule has 0 aliphatic carbocycles. The molecule has 2 N–H and O–H groups in total. The van der Waals surface area contributed by atoms with E-state index in [2.05, 4.69) is 32.5 Å². The summed E-state index contributed by atoms with van der Waals surface area (Å²) in [5.41, 5.74) is 2.65. The zero-order chi connectivity index (χ0) is 23.2. The Morgan fingerprint density at radius 1 is 1.18 bits per heavy atom. The van der Waals surface area contributed by atoms with Crippen molar-refractivity contribution < 1.29 is 14.6 Å². The number of carboxylic acids is 1. The molecule has 0 atom stereocenters. The molecule has 4 rings (SSSR count). The Morgan fingerprint density at radius 2 is 1.97 bits per heavy atom. The molecule has 0 spiro atoms. The summed E-state index contributed by atoms with van der Waals surface area (Å²) in [4.78, 5) is 15.7. The molecule has 2 heterocycles. The number of hydrogen-bond donors (Lipinski definition) is 2. The molecule has 0 saturated heterocycles. The summed E-state index contributed by atoms with van der Waals surface area (Å²) in [6, 6.07) is 15.3. The SMILES string of the molecule is CCCCc1nc(C(=O)O)c(Cl)n1Cc1ccc(OCc2ccccc2-c2nn[nH]n2)cc1. The van der Waals surface area contributed by atoms with E-state index in [9.17, 15) is 9.90 Å². The highest BCUT2D eigenvalue weighted by molar-refractivity contribution is 6.32. The predicted molar refractivity (Wildman–Crippen MR) is 122 cm³/mol. The number of nitrogens with one attached hydrogen (secondary N) is 1. The van der Waals surface area contributed by atoms with Gasteiger partial charge in [0.05, 0.1) is 6.54 Å². The molecule has 0 aliphatic heterocycles. The number of aromatic nitrogens is 6. The van der Waals surface area contributed by atoms with Crippen molar-refractivity contribution >= 4 is 17.6 Å². The second-order valence-electron chi connectivity index (χ2n) is 7.49. The lowest BCUT2D eigenvalue weighted by atomic mass is 10.1. The molecule has 33 heavy (non-hydrogen) atoms. The third-order valence-corrected chi connectivity index (χ3v) is 5.59. The molecule has 0 saturated carbocycles. The van der Waals surface area contributed by atoms with E-state index >= 15 is 0 Å². The summed E-state index contributed by atoms with van der Waals surface area (Å²) in [7, 11) is 0. The van der Waals surface area contributed by atoms with Crippen LogP contribution in [-0.4, -0.2) is 41.3 Å². The molecule has 0 bridgehead atoms. The molecule has 0 unspecified atom stereocenters. The minimum Gasteiger partial charge on any atom is -0.489 e. The van der Waals surface area contributed by atoms with E-state index in [0.717, 1.165) is 29.5 Å². The maximum absolute atomic E-state index is 11.5. The highest BCUT2D eigenvalue weighted by atomic mass is 35.5. The van der Waals surface area contributed by atoms with Crippen LogP contribution in [0.25, 0.3) is 11.4 Å². The van der Waals surface area contributed by atoms with E-state index < -0.39 is 5.97 Å². The highest BCUT2D eigenvalue weighted by Gasteiger charge is 2.20. The minimum atomic E-state index is -1.12. The van der Waals surface area contributed by atoms with Crippen LogP contribution in [0, 0.1) is 0 Å². The van der Waals surface area contributed by atoms with Gasteiger partial charge in [-0.25, -0.2) is 9.78 Å². The van der Waals surface area contributed by atoms with Crippen molar-refractivity contribution in [2.75, 3.05) is 0 Å². The number of carbonyl (C=O) groups is 1. The summed E-state index contributed by atoms with van der Waals surface area (Å²) in [5.74, 6) is 0.774. The Bertz CT molecular complexity index is 1220. The van der Waals surface area contributed by atoms with Gasteiger partial charge < -0.3 is 14.4 Å². The van der Waals surface area contributed by atoms with Crippen molar-refractivity contribution in [3.8, 4) is 17.1 Å². The smallest absolute Gasteiger partial charge is 0.357 e. The number of tetrazole rings is 1. The third kappa shape index (κ3) is 5.20. The summed E-state index contributed by atoms with van der Waals surface area (Å²) in [6.07, 6.45) is 2.56. The van der Waals surface area contributed by atoms with Crippen molar-refractivity contribution in [2.24, 2.45) is 0 Å². The van der Waals surface area contributed by atoms with E-state index in [1.54, 1.807) is 4.57 Å². The van der Waals surface area contributed by atoms with Gasteiger partial charge >= 0.3 is 5.97 Å². The number of H-pyrrole nitrogens is 1. The largest absolute Gasteiger partial charge is 0.489 e. The van der Waals surface area contributed by atoms with Crippen molar-refractivity contribution in [1.29, 1.82) is 0 Å². The molecular weight excluding hydrogens is 444 g/mol. The topological polar surface area (TPSA) is 119 Å². The maximum Gasteiger partial charge on any atom is 0.357 e. The monoisotopic (exact) mass is 466 g/mol. The van der Waals surface area contributed by atoms with Gasteiger partial charge in [0.15, 0.2) is 5.69 Å². The molecule has 170 valence electrons. The van der Waals surface area contributed by atoms with E-state index in [4.69, 9.17) is 16.3 Å². The number of carboxylic acid groups (broad SMARTS) is 1. The van der Waals surface area contributed by atoms with Crippen LogP contribution in [0.4, 0.5) is 0 Å². The second kappa shape index (κ2) is 10.3. The van der Waals surface area contributed by atoms with Crippen molar-refractivity contribution in [2.45, 2.75) is 39.3 Å². The average molecular weight is 467 g/mol. The number of rotatable bonds is 10. The van der Waals surface area contributed by atoms with Crippen LogP contribution in [0.15, 0.2) is 48.5 Å². The number of hydrogen-bond acceptors (Lipinski definition) is 6. The summed E-state index contributed by atoms with van der Waals surface area (Å²) in [6.45, 7) is 2.85. The Kier molecular flexibility index (Phi) is 6.99. The maximum atomic E-state index is 11.5. The first-order valence-corrected chi connectivity index (χ1v) is 11.0. The van der Waals surface area contributed by atoms with E-state index in [1.165, 1.54) is 0 Å². The van der Waals surface area contributed by atoms with E-state index in [-0.39, 0.29) is 10.8 Å². The van der Waals surface area contributed by atoms with E-state index in [1.807, 2.05) is 48.5 Å². The van der Waals surface area contributed by atoms with Gasteiger partial charge in [0, 0.05) is 17.5 Å². The fourth-order valence-corrected chi connectivity index (χ4v) is 3.75. The molecule has 0 radical (unpaired) electrons. The number of unbranched alkanes of at least 4 members (excludes halogenated alkanes) is 1. The van der Waals surface area contributed by atoms with Crippen LogP contribution >= 0.6 is 11.6 Å². The zero-order valence-corrected chi connectivity index (χ0v) is 18.8. The molecule has 9 nitrogen and oxygen atoms in total. The molecule has 0 fully saturated rings. The third-order valence-electron chi connectivity index (χ3n) is 5.20. The Morgan fingerprint density at radius 3 is 2.67 bits per heavy atom. The van der Waals surface area contributed by atoms with Crippen LogP contribution in [0.2, 0.25) is 5.15 Å². The summed E-state index contributed by atoms with van der Waals surface area (Å²) < 4.78 is 7.72. The number of halogens is 1.